The lowest BCUT2D eigenvalue weighted by atomic mass is 9.83. The molecule has 0 aliphatic carbocycles. The summed E-state index contributed by atoms with van der Waals surface area (Å²) in [5, 5.41) is 37.8. The molecule has 41 heavy (non-hydrogen) atoms. The molecule has 0 aliphatic rings. The molecule has 10 nitrogen and oxygen atoms in total. The van der Waals surface area contributed by atoms with Crippen LogP contribution in [0.15, 0.2) is 97.1 Å². The highest BCUT2D eigenvalue weighted by Gasteiger charge is 2.37. The van der Waals surface area contributed by atoms with Gasteiger partial charge < -0.3 is 29.9 Å². The summed E-state index contributed by atoms with van der Waals surface area (Å²) in [7, 11) is 0. The van der Waals surface area contributed by atoms with Crippen LogP contribution in [0.2, 0.25) is 0 Å². The molecular weight excluding hydrogens is 532 g/mol. The first-order valence-electron chi connectivity index (χ1n) is 12.3. The molecule has 208 valence electrons. The lowest BCUT2D eigenvalue weighted by Gasteiger charge is -2.36. The normalized spacial score (nSPS) is 10.9. The summed E-state index contributed by atoms with van der Waals surface area (Å²) >= 11 is 0. The van der Waals surface area contributed by atoms with E-state index in [1.165, 1.54) is 12.1 Å². The van der Waals surface area contributed by atoms with Crippen molar-refractivity contribution in [3.8, 4) is 11.5 Å². The van der Waals surface area contributed by atoms with Crippen LogP contribution in [0.5, 0.6) is 11.5 Å². The molecule has 0 amide bonds. The Morgan fingerprint density at radius 2 is 0.951 bits per heavy atom. The molecule has 0 atom stereocenters. The van der Waals surface area contributed by atoms with Crippen LogP contribution in [0.25, 0.3) is 0 Å². The number of hydrogen-bond acceptors (Lipinski definition) is 6. The number of benzene rings is 4. The summed E-state index contributed by atoms with van der Waals surface area (Å²) in [6.45, 7) is -0.0335. The van der Waals surface area contributed by atoms with Gasteiger partial charge in [-0.15, -0.1) is 0 Å². The summed E-state index contributed by atoms with van der Waals surface area (Å²) in [4.78, 5) is 46.4. The maximum Gasteiger partial charge on any atom is 0.336 e. The Kier molecular flexibility index (Phi) is 8.33. The maximum absolute atomic E-state index is 11.8. The zero-order chi connectivity index (χ0) is 29.6. The number of carboxylic acids is 4. The molecule has 4 aromatic carbocycles. The van der Waals surface area contributed by atoms with Crippen molar-refractivity contribution in [3.05, 3.63) is 130 Å². The van der Waals surface area contributed by atoms with Crippen LogP contribution in [0.3, 0.4) is 0 Å². The van der Waals surface area contributed by atoms with Gasteiger partial charge in [0.05, 0.1) is 28.9 Å². The lowest BCUT2D eigenvalue weighted by molar-refractivity contribution is 0.0645. The van der Waals surface area contributed by atoms with Crippen molar-refractivity contribution in [1.82, 2.24) is 0 Å². The zero-order valence-electron chi connectivity index (χ0n) is 21.4. The van der Waals surface area contributed by atoms with Gasteiger partial charge in [0, 0.05) is 17.5 Å². The fourth-order valence-corrected chi connectivity index (χ4v) is 4.48. The fourth-order valence-electron chi connectivity index (χ4n) is 4.48. The van der Waals surface area contributed by atoms with Crippen molar-refractivity contribution in [3.63, 3.8) is 0 Å². The Labute approximate surface area is 233 Å². The monoisotopic (exact) mass is 556 g/mol. The van der Waals surface area contributed by atoms with Gasteiger partial charge in [-0.3, -0.25) is 0 Å². The quantitative estimate of drug-likeness (QED) is 0.180. The van der Waals surface area contributed by atoms with Crippen molar-refractivity contribution < 1.29 is 49.1 Å². The summed E-state index contributed by atoms with van der Waals surface area (Å²) in [6.07, 6.45) is 0.132. The Hall–Kier alpha value is -5.64. The number of ether oxygens (including phenoxy) is 2. The van der Waals surface area contributed by atoms with E-state index in [4.69, 9.17) is 9.47 Å². The number of carbonyl (C=O) groups is 4. The van der Waals surface area contributed by atoms with E-state index in [-0.39, 0.29) is 30.1 Å². The predicted octanol–water partition coefficient (Wildman–Crippen LogP) is 5.27. The fraction of sp³-hybridized carbons (Fsp3) is 0.0968. The van der Waals surface area contributed by atoms with Gasteiger partial charge in [0.25, 0.3) is 0 Å². The molecule has 4 rings (SSSR count). The van der Waals surface area contributed by atoms with E-state index in [9.17, 15) is 39.6 Å². The first-order chi connectivity index (χ1) is 19.6. The molecule has 0 fully saturated rings. The van der Waals surface area contributed by atoms with Crippen LogP contribution < -0.4 is 9.47 Å². The standard InChI is InChI=1S/C31H24O10/c32-27(33)23-13-11-21(17-25(23)29(36)37)40-16-15-31(19-7-3-1-4-8-19,20-9-5-2-6-10-20)41-22-12-14-24(28(34)35)26(18-22)30(38)39/h1-14,17-18H,15-16H2,(H,32,33)(H,34,35)(H,36,37)(H,38,39). The molecule has 4 N–H and O–H groups in total. The largest absolute Gasteiger partial charge is 0.493 e. The zero-order valence-corrected chi connectivity index (χ0v) is 21.4. The van der Waals surface area contributed by atoms with Gasteiger partial charge >= 0.3 is 23.9 Å². The van der Waals surface area contributed by atoms with Gasteiger partial charge in [-0.05, 0) is 36.4 Å². The van der Waals surface area contributed by atoms with E-state index >= 15 is 0 Å². The van der Waals surface area contributed by atoms with E-state index in [2.05, 4.69) is 0 Å². The van der Waals surface area contributed by atoms with Gasteiger partial charge in [0.2, 0.25) is 0 Å². The highest BCUT2D eigenvalue weighted by atomic mass is 16.5. The highest BCUT2D eigenvalue weighted by Crippen LogP contribution is 2.39. The highest BCUT2D eigenvalue weighted by molar-refractivity contribution is 6.02. The second-order valence-electron chi connectivity index (χ2n) is 8.89. The van der Waals surface area contributed by atoms with Gasteiger partial charge in [-0.25, -0.2) is 19.2 Å². The minimum absolute atomic E-state index is 0.0335. The van der Waals surface area contributed by atoms with E-state index in [1.807, 2.05) is 36.4 Å². The molecule has 0 radical (unpaired) electrons. The van der Waals surface area contributed by atoms with Crippen LogP contribution in [0, 0.1) is 0 Å². The molecule has 0 aromatic heterocycles. The second kappa shape index (κ2) is 12.0. The van der Waals surface area contributed by atoms with Gasteiger partial charge in [-0.1, -0.05) is 60.7 Å². The number of carboxylic acid groups (broad SMARTS) is 4. The molecular formula is C31H24O10. The SMILES string of the molecule is O=C(O)c1ccc(OCCC(Oc2ccc(C(=O)O)c(C(=O)O)c2)(c2ccccc2)c2ccccc2)cc1C(=O)O. The van der Waals surface area contributed by atoms with Crippen molar-refractivity contribution in [2.75, 3.05) is 6.61 Å². The summed E-state index contributed by atoms with van der Waals surface area (Å²) < 4.78 is 12.4. The molecule has 10 heteroatoms. The summed E-state index contributed by atoms with van der Waals surface area (Å²) in [5.74, 6) is -5.41. The van der Waals surface area contributed by atoms with Gasteiger partial charge in [-0.2, -0.15) is 0 Å². The van der Waals surface area contributed by atoms with E-state index in [0.29, 0.717) is 11.1 Å². The van der Waals surface area contributed by atoms with Crippen LogP contribution >= 0.6 is 0 Å². The first-order valence-corrected chi connectivity index (χ1v) is 12.3. The number of hydrogen-bond donors (Lipinski definition) is 4. The molecule has 0 saturated heterocycles. The third kappa shape index (κ3) is 6.17. The molecule has 0 unspecified atom stereocenters. The first kappa shape index (κ1) is 28.4. The van der Waals surface area contributed by atoms with Gasteiger partial charge in [0.15, 0.2) is 5.60 Å². The third-order valence-corrected chi connectivity index (χ3v) is 6.40. The van der Waals surface area contributed by atoms with Crippen molar-refractivity contribution in [2.24, 2.45) is 0 Å². The smallest absolute Gasteiger partial charge is 0.336 e. The Morgan fingerprint density at radius 3 is 1.39 bits per heavy atom. The molecule has 0 saturated carbocycles. The number of rotatable bonds is 12. The average Bonchev–Trinajstić information content (AvgIpc) is 2.97. The van der Waals surface area contributed by atoms with Crippen molar-refractivity contribution in [2.45, 2.75) is 12.0 Å². The van der Waals surface area contributed by atoms with Crippen LogP contribution in [0.4, 0.5) is 0 Å². The lowest BCUT2D eigenvalue weighted by Crippen LogP contribution is -2.36. The molecule has 4 aromatic rings. The molecule has 0 bridgehead atoms. The number of aromatic carboxylic acids is 4. The van der Waals surface area contributed by atoms with Crippen LogP contribution in [-0.2, 0) is 5.60 Å². The van der Waals surface area contributed by atoms with Crippen molar-refractivity contribution >= 4 is 23.9 Å². The van der Waals surface area contributed by atoms with Crippen LogP contribution in [0.1, 0.15) is 59.0 Å². The predicted molar refractivity (Wildman–Crippen MR) is 145 cm³/mol. The molecule has 0 heterocycles. The molecule has 0 aliphatic heterocycles. The minimum Gasteiger partial charge on any atom is -0.493 e. The van der Waals surface area contributed by atoms with E-state index < -0.39 is 46.2 Å². The van der Waals surface area contributed by atoms with E-state index in [0.717, 1.165) is 24.3 Å². The average molecular weight is 557 g/mol. The minimum atomic E-state index is -1.43. The van der Waals surface area contributed by atoms with Crippen molar-refractivity contribution in [1.29, 1.82) is 0 Å². The topological polar surface area (TPSA) is 168 Å². The summed E-state index contributed by atoms with van der Waals surface area (Å²) in [6, 6.07) is 25.4. The van der Waals surface area contributed by atoms with E-state index in [1.54, 1.807) is 24.3 Å². The summed E-state index contributed by atoms with van der Waals surface area (Å²) in [5.41, 5.74) is -1.54. The Balaban J connectivity index is 1.76. The Morgan fingerprint density at radius 1 is 0.537 bits per heavy atom. The second-order valence-corrected chi connectivity index (χ2v) is 8.89. The third-order valence-electron chi connectivity index (χ3n) is 6.40. The maximum atomic E-state index is 11.8. The Bertz CT molecular complexity index is 1560. The molecule has 0 spiro atoms. The van der Waals surface area contributed by atoms with Crippen LogP contribution in [-0.4, -0.2) is 50.9 Å². The van der Waals surface area contributed by atoms with Gasteiger partial charge in [0.1, 0.15) is 11.5 Å².